The molecule has 0 spiro atoms. The number of methoxy groups -OCH3 is 1. The van der Waals surface area contributed by atoms with Gasteiger partial charge in [-0.1, -0.05) is 27.5 Å². The Kier molecular flexibility index (Phi) is 6.48. The lowest BCUT2D eigenvalue weighted by Gasteiger charge is -2.26. The molecule has 156 valence electrons. The van der Waals surface area contributed by atoms with Gasteiger partial charge in [-0.15, -0.1) is 0 Å². The molecule has 9 heteroatoms. The number of urea groups is 1. The summed E-state index contributed by atoms with van der Waals surface area (Å²) in [4.78, 5) is 38.5. The van der Waals surface area contributed by atoms with Crippen molar-refractivity contribution in [1.82, 2.24) is 5.32 Å². The summed E-state index contributed by atoms with van der Waals surface area (Å²) in [5.41, 5.74) is 0.592. The van der Waals surface area contributed by atoms with E-state index in [-0.39, 0.29) is 17.4 Å². The van der Waals surface area contributed by atoms with Gasteiger partial charge in [0.1, 0.15) is 5.57 Å². The summed E-state index contributed by atoms with van der Waals surface area (Å²) in [6.07, 6.45) is 1.32. The Morgan fingerprint density at radius 1 is 1.10 bits per heavy atom. The zero-order valence-corrected chi connectivity index (χ0v) is 18.7. The molecule has 0 aromatic heterocycles. The summed E-state index contributed by atoms with van der Waals surface area (Å²) in [5, 5.41) is 2.64. The lowest BCUT2D eigenvalue weighted by atomic mass is 10.1. The molecule has 1 aliphatic heterocycles. The Hall–Kier alpha value is -2.84. The first-order chi connectivity index (χ1) is 14.2. The van der Waals surface area contributed by atoms with Crippen molar-refractivity contribution in [3.63, 3.8) is 0 Å². The first-order valence-corrected chi connectivity index (χ1v) is 10.1. The highest BCUT2D eigenvalue weighted by Gasteiger charge is 2.37. The monoisotopic (exact) mass is 492 g/mol. The van der Waals surface area contributed by atoms with Gasteiger partial charge >= 0.3 is 6.03 Å². The minimum atomic E-state index is -0.832. The van der Waals surface area contributed by atoms with Crippen molar-refractivity contribution in [3.05, 3.63) is 57.0 Å². The predicted molar refractivity (Wildman–Crippen MR) is 117 cm³/mol. The fraction of sp³-hybridized carbons (Fsp3) is 0.190. The maximum absolute atomic E-state index is 13.0. The van der Waals surface area contributed by atoms with Gasteiger partial charge in [0.2, 0.25) is 0 Å². The number of barbiturate groups is 1. The normalized spacial score (nSPS) is 15.6. The predicted octanol–water partition coefficient (Wildman–Crippen LogP) is 4.56. The molecule has 0 radical (unpaired) electrons. The maximum atomic E-state index is 13.0. The molecular weight excluding hydrogens is 476 g/mol. The van der Waals surface area contributed by atoms with Gasteiger partial charge in [0, 0.05) is 9.50 Å². The molecular formula is C21H18BrClN2O5. The van der Waals surface area contributed by atoms with E-state index in [1.807, 2.05) is 13.8 Å². The quantitative estimate of drug-likeness (QED) is 0.487. The van der Waals surface area contributed by atoms with E-state index >= 15 is 0 Å². The zero-order chi connectivity index (χ0) is 22.0. The number of anilines is 1. The van der Waals surface area contributed by atoms with E-state index in [2.05, 4.69) is 21.2 Å². The fourth-order valence-electron chi connectivity index (χ4n) is 2.80. The Morgan fingerprint density at radius 3 is 2.37 bits per heavy atom. The van der Waals surface area contributed by atoms with Gasteiger partial charge in [-0.25, -0.2) is 9.69 Å². The third-order valence-electron chi connectivity index (χ3n) is 4.13. The van der Waals surface area contributed by atoms with Crippen LogP contribution in [0.5, 0.6) is 11.5 Å². The summed E-state index contributed by atoms with van der Waals surface area (Å²) < 4.78 is 11.7. The second kappa shape index (κ2) is 8.89. The number of hydrogen-bond acceptors (Lipinski definition) is 5. The van der Waals surface area contributed by atoms with Gasteiger partial charge in [0.15, 0.2) is 11.5 Å². The van der Waals surface area contributed by atoms with Crippen molar-refractivity contribution < 1.29 is 23.9 Å². The summed E-state index contributed by atoms with van der Waals surface area (Å²) >= 11 is 9.30. The molecule has 4 amide bonds. The number of amides is 4. The second-order valence-corrected chi connectivity index (χ2v) is 7.92. The molecule has 7 nitrogen and oxygen atoms in total. The van der Waals surface area contributed by atoms with Gasteiger partial charge in [0.25, 0.3) is 11.8 Å². The summed E-state index contributed by atoms with van der Waals surface area (Å²) in [7, 11) is 1.49. The second-order valence-electron chi connectivity index (χ2n) is 6.63. The topological polar surface area (TPSA) is 84.9 Å². The molecule has 1 saturated heterocycles. The third-order valence-corrected chi connectivity index (χ3v) is 5.07. The summed E-state index contributed by atoms with van der Waals surface area (Å²) in [5.74, 6) is -0.588. The van der Waals surface area contributed by atoms with Crippen LogP contribution in [0.25, 0.3) is 6.08 Å². The number of imide groups is 2. The van der Waals surface area contributed by atoms with Crippen LogP contribution < -0.4 is 19.7 Å². The van der Waals surface area contributed by atoms with Gasteiger partial charge in [-0.05, 0) is 61.9 Å². The average molecular weight is 494 g/mol. The van der Waals surface area contributed by atoms with Crippen LogP contribution >= 0.6 is 27.5 Å². The molecule has 1 aliphatic rings. The van der Waals surface area contributed by atoms with Crippen LogP contribution in [0.2, 0.25) is 5.02 Å². The van der Waals surface area contributed by atoms with Crippen molar-refractivity contribution >= 4 is 57.1 Å². The number of carbonyl (C=O) groups is 3. The van der Waals surface area contributed by atoms with Gasteiger partial charge in [0.05, 0.1) is 18.9 Å². The molecule has 2 aromatic rings. The standard InChI is InChI=1S/C21H18BrClN2O5/c1-11(2)30-18-10-16(22)12(9-17(18)29-3)8-15-19(26)24-21(28)25(20(15)27)14-6-4-13(23)5-7-14/h4-11H,1-3H3,(H,24,26,28)/b15-8+. The zero-order valence-electron chi connectivity index (χ0n) is 16.4. The lowest BCUT2D eigenvalue weighted by Crippen LogP contribution is -2.54. The molecule has 30 heavy (non-hydrogen) atoms. The Balaban J connectivity index is 2.03. The molecule has 0 unspecified atom stereocenters. The number of carbonyl (C=O) groups excluding carboxylic acids is 3. The minimum absolute atomic E-state index is 0.0698. The number of nitrogens with one attached hydrogen (secondary N) is 1. The fourth-order valence-corrected chi connectivity index (χ4v) is 3.37. The third kappa shape index (κ3) is 4.49. The molecule has 0 aliphatic carbocycles. The first-order valence-electron chi connectivity index (χ1n) is 8.92. The Morgan fingerprint density at radius 2 is 1.77 bits per heavy atom. The van der Waals surface area contributed by atoms with Crippen molar-refractivity contribution in [1.29, 1.82) is 0 Å². The highest BCUT2D eigenvalue weighted by atomic mass is 79.9. The van der Waals surface area contributed by atoms with E-state index in [0.29, 0.717) is 26.6 Å². The van der Waals surface area contributed by atoms with Crippen molar-refractivity contribution in [2.45, 2.75) is 20.0 Å². The largest absolute Gasteiger partial charge is 0.493 e. The van der Waals surface area contributed by atoms with Crippen molar-refractivity contribution in [2.24, 2.45) is 0 Å². The molecule has 1 fully saturated rings. The molecule has 1 heterocycles. The summed E-state index contributed by atoms with van der Waals surface area (Å²) in [6, 6.07) is 8.63. The van der Waals surface area contributed by atoms with Crippen LogP contribution in [-0.4, -0.2) is 31.1 Å². The van der Waals surface area contributed by atoms with Crippen molar-refractivity contribution in [3.8, 4) is 11.5 Å². The van der Waals surface area contributed by atoms with Crippen LogP contribution in [0.1, 0.15) is 19.4 Å². The number of halogens is 2. The number of ether oxygens (including phenoxy) is 2. The van der Waals surface area contributed by atoms with Crippen LogP contribution in [0.4, 0.5) is 10.5 Å². The SMILES string of the molecule is COc1cc(/C=C2\C(=O)NC(=O)N(c3ccc(Cl)cc3)C2=O)c(Br)cc1OC(C)C. The minimum Gasteiger partial charge on any atom is -0.493 e. The number of hydrogen-bond donors (Lipinski definition) is 1. The van der Waals surface area contributed by atoms with E-state index < -0.39 is 17.8 Å². The van der Waals surface area contributed by atoms with Crippen LogP contribution in [0.3, 0.4) is 0 Å². The maximum Gasteiger partial charge on any atom is 0.335 e. The van der Waals surface area contributed by atoms with E-state index in [9.17, 15) is 14.4 Å². The Bertz CT molecular complexity index is 1050. The van der Waals surface area contributed by atoms with E-state index in [4.69, 9.17) is 21.1 Å². The first kappa shape index (κ1) is 21.9. The average Bonchev–Trinajstić information content (AvgIpc) is 2.67. The summed E-state index contributed by atoms with van der Waals surface area (Å²) in [6.45, 7) is 3.77. The van der Waals surface area contributed by atoms with Crippen LogP contribution in [-0.2, 0) is 9.59 Å². The number of benzene rings is 2. The molecule has 3 rings (SSSR count). The highest BCUT2D eigenvalue weighted by molar-refractivity contribution is 9.10. The number of rotatable bonds is 5. The molecule has 0 saturated carbocycles. The highest BCUT2D eigenvalue weighted by Crippen LogP contribution is 2.35. The van der Waals surface area contributed by atoms with Gasteiger partial charge in [-0.2, -0.15) is 0 Å². The van der Waals surface area contributed by atoms with E-state index in [0.717, 1.165) is 4.90 Å². The smallest absolute Gasteiger partial charge is 0.335 e. The molecule has 0 atom stereocenters. The van der Waals surface area contributed by atoms with Crippen LogP contribution in [0, 0.1) is 0 Å². The van der Waals surface area contributed by atoms with Gasteiger partial charge in [-0.3, -0.25) is 14.9 Å². The Labute approximate surface area is 186 Å². The molecule has 1 N–H and O–H groups in total. The van der Waals surface area contributed by atoms with E-state index in [1.54, 1.807) is 24.3 Å². The van der Waals surface area contributed by atoms with Crippen molar-refractivity contribution in [2.75, 3.05) is 12.0 Å². The molecule has 0 bridgehead atoms. The van der Waals surface area contributed by atoms with Gasteiger partial charge < -0.3 is 9.47 Å². The number of nitrogens with zero attached hydrogens (tertiary/aromatic N) is 1. The van der Waals surface area contributed by atoms with Crippen LogP contribution in [0.15, 0.2) is 46.4 Å². The lowest BCUT2D eigenvalue weighted by molar-refractivity contribution is -0.122. The van der Waals surface area contributed by atoms with E-state index in [1.165, 1.54) is 25.3 Å². The molecule has 2 aromatic carbocycles.